The Morgan fingerprint density at radius 3 is 1.93 bits per heavy atom. The number of aryl methyl sites for hydroxylation is 1. The van der Waals surface area contributed by atoms with Gasteiger partial charge in [-0.15, -0.1) is 0 Å². The van der Waals surface area contributed by atoms with Crippen LogP contribution in [0.25, 0.3) is 0 Å². The fourth-order valence-electron chi connectivity index (χ4n) is 4.69. The van der Waals surface area contributed by atoms with E-state index in [1.165, 1.54) is 116 Å². The second-order valence-corrected chi connectivity index (χ2v) is 9.19. The minimum atomic E-state index is 0.549. The Hall–Kier alpha value is -0.860. The van der Waals surface area contributed by atoms with E-state index in [4.69, 9.17) is 9.51 Å². The van der Waals surface area contributed by atoms with Crippen molar-refractivity contribution in [2.24, 2.45) is 5.92 Å². The lowest BCUT2D eigenvalue weighted by atomic mass is 9.79. The van der Waals surface area contributed by atoms with Gasteiger partial charge in [0.25, 0.3) is 0 Å². The van der Waals surface area contributed by atoms with Crippen LogP contribution >= 0.6 is 0 Å². The van der Waals surface area contributed by atoms with E-state index in [0.29, 0.717) is 5.92 Å². The molecule has 0 unspecified atom stereocenters. The third-order valence-electron chi connectivity index (χ3n) is 6.66. The third kappa shape index (κ3) is 9.56. The van der Waals surface area contributed by atoms with Crippen molar-refractivity contribution >= 4 is 0 Å². The summed E-state index contributed by atoms with van der Waals surface area (Å²) in [5, 5.41) is 4.32. The summed E-state index contributed by atoms with van der Waals surface area (Å²) in [6.45, 7) is 4.57. The minimum absolute atomic E-state index is 0.549. The zero-order valence-corrected chi connectivity index (χ0v) is 18.9. The van der Waals surface area contributed by atoms with Crippen molar-refractivity contribution < 1.29 is 4.52 Å². The molecule has 0 N–H and O–H groups in total. The van der Waals surface area contributed by atoms with E-state index >= 15 is 0 Å². The summed E-state index contributed by atoms with van der Waals surface area (Å²) in [6, 6.07) is 0. The Kier molecular flexibility index (Phi) is 12.6. The standard InChI is InChI=1S/C25H46N2O/c1-3-5-7-9-10-11-12-13-15-17-24-26-25(27-28-24)23-20-18-22(19-21-23)16-14-8-6-4-2/h22-23H,3-21H2,1-2H3. The molecule has 28 heavy (non-hydrogen) atoms. The SMILES string of the molecule is CCCCCCCCCCCc1nc(C2CCC(CCCCCC)CC2)no1. The molecule has 1 aliphatic carbocycles. The fourth-order valence-corrected chi connectivity index (χ4v) is 4.69. The first-order chi connectivity index (χ1) is 13.8. The van der Waals surface area contributed by atoms with Gasteiger partial charge in [0, 0.05) is 12.3 Å². The average Bonchev–Trinajstić information content (AvgIpc) is 3.19. The number of hydrogen-bond acceptors (Lipinski definition) is 3. The van der Waals surface area contributed by atoms with Gasteiger partial charge >= 0.3 is 0 Å². The van der Waals surface area contributed by atoms with E-state index in [0.717, 1.165) is 24.1 Å². The highest BCUT2D eigenvalue weighted by Gasteiger charge is 2.25. The van der Waals surface area contributed by atoms with E-state index in [9.17, 15) is 0 Å². The molecule has 162 valence electrons. The van der Waals surface area contributed by atoms with Crippen molar-refractivity contribution in [1.29, 1.82) is 0 Å². The molecular weight excluding hydrogens is 344 g/mol. The molecule has 0 radical (unpaired) electrons. The zero-order chi connectivity index (χ0) is 19.9. The summed E-state index contributed by atoms with van der Waals surface area (Å²) in [5.41, 5.74) is 0. The van der Waals surface area contributed by atoms with Gasteiger partial charge in [0.15, 0.2) is 5.82 Å². The van der Waals surface area contributed by atoms with E-state index in [1.807, 2.05) is 0 Å². The summed E-state index contributed by atoms with van der Waals surface area (Å²) in [6.07, 6.45) is 25.5. The molecule has 1 aromatic rings. The topological polar surface area (TPSA) is 38.9 Å². The molecule has 0 aromatic carbocycles. The smallest absolute Gasteiger partial charge is 0.226 e. The quantitative estimate of drug-likeness (QED) is 0.266. The summed E-state index contributed by atoms with van der Waals surface area (Å²) in [4.78, 5) is 4.74. The van der Waals surface area contributed by atoms with Crippen LogP contribution < -0.4 is 0 Å². The second-order valence-electron chi connectivity index (χ2n) is 9.19. The number of rotatable bonds is 16. The number of nitrogens with zero attached hydrogens (tertiary/aromatic N) is 2. The molecule has 0 bridgehead atoms. The van der Waals surface area contributed by atoms with Crippen LogP contribution in [-0.4, -0.2) is 10.1 Å². The lowest BCUT2D eigenvalue weighted by Crippen LogP contribution is -2.14. The van der Waals surface area contributed by atoms with Crippen LogP contribution in [-0.2, 0) is 6.42 Å². The van der Waals surface area contributed by atoms with Crippen LogP contribution in [0.15, 0.2) is 4.52 Å². The second kappa shape index (κ2) is 15.0. The van der Waals surface area contributed by atoms with Crippen molar-refractivity contribution in [3.63, 3.8) is 0 Å². The summed E-state index contributed by atoms with van der Waals surface area (Å²) < 4.78 is 5.55. The zero-order valence-electron chi connectivity index (χ0n) is 18.9. The van der Waals surface area contributed by atoms with Gasteiger partial charge in [-0.2, -0.15) is 4.98 Å². The van der Waals surface area contributed by atoms with Crippen molar-refractivity contribution in [3.8, 4) is 0 Å². The van der Waals surface area contributed by atoms with Gasteiger partial charge in [-0.25, -0.2) is 0 Å². The molecule has 1 fully saturated rings. The van der Waals surface area contributed by atoms with Crippen LogP contribution in [0.3, 0.4) is 0 Å². The first kappa shape index (κ1) is 23.4. The van der Waals surface area contributed by atoms with E-state index in [2.05, 4.69) is 19.0 Å². The highest BCUT2D eigenvalue weighted by molar-refractivity contribution is 4.97. The van der Waals surface area contributed by atoms with Gasteiger partial charge in [-0.05, 0) is 38.0 Å². The monoisotopic (exact) mass is 390 g/mol. The molecule has 0 saturated heterocycles. The van der Waals surface area contributed by atoms with Crippen molar-refractivity contribution in [1.82, 2.24) is 10.1 Å². The lowest BCUT2D eigenvalue weighted by Gasteiger charge is -2.26. The highest BCUT2D eigenvalue weighted by Crippen LogP contribution is 2.36. The molecule has 3 heteroatoms. The molecule has 0 aliphatic heterocycles. The predicted octanol–water partition coefficient (Wildman–Crippen LogP) is 8.39. The molecule has 0 amide bonds. The Morgan fingerprint density at radius 1 is 0.714 bits per heavy atom. The molecule has 1 aliphatic rings. The Bertz CT molecular complexity index is 477. The number of unbranched alkanes of at least 4 members (excludes halogenated alkanes) is 11. The largest absolute Gasteiger partial charge is 0.339 e. The maximum Gasteiger partial charge on any atom is 0.226 e. The Balaban J connectivity index is 1.52. The predicted molar refractivity (Wildman–Crippen MR) is 119 cm³/mol. The Morgan fingerprint density at radius 2 is 1.29 bits per heavy atom. The first-order valence-electron chi connectivity index (χ1n) is 12.7. The number of aromatic nitrogens is 2. The van der Waals surface area contributed by atoms with Crippen LogP contribution in [0.5, 0.6) is 0 Å². The molecule has 2 rings (SSSR count). The van der Waals surface area contributed by atoms with Gasteiger partial charge in [-0.1, -0.05) is 102 Å². The highest BCUT2D eigenvalue weighted by atomic mass is 16.5. The van der Waals surface area contributed by atoms with Crippen molar-refractivity contribution in [2.75, 3.05) is 0 Å². The summed E-state index contributed by atoms with van der Waals surface area (Å²) in [5.74, 6) is 3.36. The maximum absolute atomic E-state index is 5.55. The van der Waals surface area contributed by atoms with Gasteiger partial charge < -0.3 is 4.52 Å². The normalized spacial score (nSPS) is 19.9. The molecule has 0 spiro atoms. The van der Waals surface area contributed by atoms with E-state index in [1.54, 1.807) is 0 Å². The van der Waals surface area contributed by atoms with Crippen molar-refractivity contribution in [2.45, 2.75) is 142 Å². The van der Waals surface area contributed by atoms with Gasteiger partial charge in [0.05, 0.1) is 0 Å². The van der Waals surface area contributed by atoms with E-state index < -0.39 is 0 Å². The molecular formula is C25H46N2O. The van der Waals surface area contributed by atoms with Crippen molar-refractivity contribution in [3.05, 3.63) is 11.7 Å². The first-order valence-corrected chi connectivity index (χ1v) is 12.7. The van der Waals surface area contributed by atoms with Crippen LogP contribution in [0.1, 0.15) is 147 Å². The Labute approximate surface area is 174 Å². The fraction of sp³-hybridized carbons (Fsp3) is 0.920. The maximum atomic E-state index is 5.55. The molecule has 1 heterocycles. The lowest BCUT2D eigenvalue weighted by molar-refractivity contribution is 0.290. The molecule has 1 saturated carbocycles. The minimum Gasteiger partial charge on any atom is -0.339 e. The van der Waals surface area contributed by atoms with E-state index in [-0.39, 0.29) is 0 Å². The molecule has 3 nitrogen and oxygen atoms in total. The summed E-state index contributed by atoms with van der Waals surface area (Å²) in [7, 11) is 0. The van der Waals surface area contributed by atoms with Crippen LogP contribution in [0.2, 0.25) is 0 Å². The van der Waals surface area contributed by atoms with Gasteiger partial charge in [0.1, 0.15) is 0 Å². The van der Waals surface area contributed by atoms with Gasteiger partial charge in [-0.3, -0.25) is 0 Å². The third-order valence-corrected chi connectivity index (χ3v) is 6.66. The summed E-state index contributed by atoms with van der Waals surface area (Å²) >= 11 is 0. The van der Waals surface area contributed by atoms with Crippen LogP contribution in [0.4, 0.5) is 0 Å². The number of hydrogen-bond donors (Lipinski definition) is 0. The van der Waals surface area contributed by atoms with Crippen LogP contribution in [0, 0.1) is 5.92 Å². The average molecular weight is 391 g/mol. The van der Waals surface area contributed by atoms with Gasteiger partial charge in [0.2, 0.25) is 5.89 Å². The molecule has 1 aromatic heterocycles. The molecule has 0 atom stereocenters.